The molecule has 0 bridgehead atoms. The molecule has 0 saturated heterocycles. The SMILES string of the molecule is CCSc1cc(N(Cc2ccc(F)cc2)C(=O)OC(C)(C)C)cc(C)c1NCCC(C)(C)C. The van der Waals surface area contributed by atoms with Crippen LogP contribution in [0, 0.1) is 18.2 Å². The molecule has 0 spiro atoms. The molecule has 2 aromatic rings. The summed E-state index contributed by atoms with van der Waals surface area (Å²) >= 11 is 1.75. The first-order valence-corrected chi connectivity index (χ1v) is 12.5. The van der Waals surface area contributed by atoms with Crippen LogP contribution in [-0.2, 0) is 11.3 Å². The quantitative estimate of drug-likeness (QED) is 0.393. The van der Waals surface area contributed by atoms with E-state index < -0.39 is 11.7 Å². The molecule has 0 heterocycles. The maximum absolute atomic E-state index is 13.4. The first-order valence-electron chi connectivity index (χ1n) is 11.6. The molecule has 2 rings (SSSR count). The van der Waals surface area contributed by atoms with Crippen LogP contribution in [0.1, 0.15) is 66.0 Å². The minimum Gasteiger partial charge on any atom is -0.443 e. The Morgan fingerprint density at radius 1 is 1.09 bits per heavy atom. The van der Waals surface area contributed by atoms with Gasteiger partial charge >= 0.3 is 6.09 Å². The molecule has 33 heavy (non-hydrogen) atoms. The zero-order valence-electron chi connectivity index (χ0n) is 21.3. The van der Waals surface area contributed by atoms with Gasteiger partial charge in [0.15, 0.2) is 0 Å². The number of carbonyl (C=O) groups is 1. The van der Waals surface area contributed by atoms with Gasteiger partial charge in [-0.2, -0.15) is 0 Å². The molecule has 182 valence electrons. The van der Waals surface area contributed by atoms with Crippen LogP contribution in [0.5, 0.6) is 0 Å². The van der Waals surface area contributed by atoms with Crippen LogP contribution in [0.2, 0.25) is 0 Å². The Bertz CT molecular complexity index is 931. The van der Waals surface area contributed by atoms with Gasteiger partial charge in [0.05, 0.1) is 12.2 Å². The van der Waals surface area contributed by atoms with E-state index in [9.17, 15) is 9.18 Å². The van der Waals surface area contributed by atoms with E-state index in [-0.39, 0.29) is 11.2 Å². The van der Waals surface area contributed by atoms with Crippen molar-refractivity contribution in [2.45, 2.75) is 78.9 Å². The van der Waals surface area contributed by atoms with E-state index in [4.69, 9.17) is 4.74 Å². The molecule has 0 radical (unpaired) electrons. The standard InChI is InChI=1S/C27H39FN2O2S/c1-9-33-23-17-22(16-19(2)24(23)29-15-14-26(3,4)5)30(25(31)32-27(6,7)8)18-20-10-12-21(28)13-11-20/h10-13,16-17,29H,9,14-15,18H2,1-8H3. The Morgan fingerprint density at radius 2 is 1.73 bits per heavy atom. The molecule has 0 aliphatic carbocycles. The van der Waals surface area contributed by atoms with Crippen molar-refractivity contribution >= 4 is 29.2 Å². The number of anilines is 2. The van der Waals surface area contributed by atoms with Gasteiger partial charge in [-0.3, -0.25) is 4.90 Å². The largest absolute Gasteiger partial charge is 0.443 e. The number of thioether (sulfide) groups is 1. The van der Waals surface area contributed by atoms with Gasteiger partial charge in [-0.25, -0.2) is 9.18 Å². The number of amides is 1. The Morgan fingerprint density at radius 3 is 2.27 bits per heavy atom. The average Bonchev–Trinajstić information content (AvgIpc) is 2.67. The lowest BCUT2D eigenvalue weighted by Gasteiger charge is -2.29. The summed E-state index contributed by atoms with van der Waals surface area (Å²) in [7, 11) is 0. The third kappa shape index (κ3) is 8.92. The van der Waals surface area contributed by atoms with Crippen LogP contribution < -0.4 is 10.2 Å². The topological polar surface area (TPSA) is 41.6 Å². The summed E-state index contributed by atoms with van der Waals surface area (Å²) in [5, 5.41) is 3.62. The second-order valence-corrected chi connectivity index (χ2v) is 11.8. The zero-order valence-corrected chi connectivity index (χ0v) is 22.2. The highest BCUT2D eigenvalue weighted by Gasteiger charge is 2.25. The van der Waals surface area contributed by atoms with Gasteiger partial charge in [0.25, 0.3) is 0 Å². The van der Waals surface area contributed by atoms with E-state index in [2.05, 4.69) is 39.9 Å². The number of benzene rings is 2. The number of carbonyl (C=O) groups excluding carboxylic acids is 1. The number of halogens is 1. The van der Waals surface area contributed by atoms with Gasteiger partial charge in [-0.1, -0.05) is 39.8 Å². The fourth-order valence-electron chi connectivity index (χ4n) is 3.30. The van der Waals surface area contributed by atoms with Gasteiger partial charge in [0.2, 0.25) is 0 Å². The average molecular weight is 475 g/mol. The minimum absolute atomic E-state index is 0.252. The molecule has 0 aliphatic rings. The summed E-state index contributed by atoms with van der Waals surface area (Å²) in [6.07, 6.45) is 0.631. The zero-order chi connectivity index (χ0) is 24.8. The second kappa shape index (κ2) is 11.3. The molecular weight excluding hydrogens is 435 g/mol. The van der Waals surface area contributed by atoms with Crippen LogP contribution in [0.15, 0.2) is 41.3 Å². The molecule has 4 nitrogen and oxygen atoms in total. The van der Waals surface area contributed by atoms with E-state index in [1.165, 1.54) is 12.1 Å². The maximum atomic E-state index is 13.4. The summed E-state index contributed by atoms with van der Waals surface area (Å²) in [5.41, 5.74) is 3.41. The Kier molecular flexibility index (Phi) is 9.24. The molecule has 0 saturated carbocycles. The number of rotatable bonds is 8. The lowest BCUT2D eigenvalue weighted by Crippen LogP contribution is -2.36. The Hall–Kier alpha value is -2.21. The third-order valence-electron chi connectivity index (χ3n) is 4.94. The predicted molar refractivity (Wildman–Crippen MR) is 139 cm³/mol. The normalized spacial score (nSPS) is 11.9. The van der Waals surface area contributed by atoms with Gasteiger partial charge in [0, 0.05) is 17.1 Å². The van der Waals surface area contributed by atoms with Crippen LogP contribution in [0.4, 0.5) is 20.6 Å². The van der Waals surface area contributed by atoms with Crippen LogP contribution in [-0.4, -0.2) is 24.0 Å². The maximum Gasteiger partial charge on any atom is 0.415 e. The van der Waals surface area contributed by atoms with Crippen LogP contribution in [0.3, 0.4) is 0 Å². The first kappa shape index (κ1) is 27.0. The number of hydrogen-bond acceptors (Lipinski definition) is 4. The van der Waals surface area contributed by atoms with E-state index in [1.54, 1.807) is 28.8 Å². The number of nitrogens with one attached hydrogen (secondary N) is 1. The smallest absolute Gasteiger partial charge is 0.415 e. The van der Waals surface area contributed by atoms with Gasteiger partial charge in [-0.15, -0.1) is 11.8 Å². The fourth-order valence-corrected chi connectivity index (χ4v) is 4.19. The number of nitrogens with zero attached hydrogens (tertiary/aromatic N) is 1. The lowest BCUT2D eigenvalue weighted by atomic mass is 9.92. The van der Waals surface area contributed by atoms with Crippen molar-refractivity contribution in [1.29, 1.82) is 0 Å². The number of aryl methyl sites for hydroxylation is 1. The second-order valence-electron chi connectivity index (χ2n) is 10.5. The van der Waals surface area contributed by atoms with Crippen molar-refractivity contribution < 1.29 is 13.9 Å². The van der Waals surface area contributed by atoms with Gasteiger partial charge < -0.3 is 10.1 Å². The monoisotopic (exact) mass is 474 g/mol. The van der Waals surface area contributed by atoms with Gasteiger partial charge in [0.1, 0.15) is 11.4 Å². The number of hydrogen-bond donors (Lipinski definition) is 1. The predicted octanol–water partition coefficient (Wildman–Crippen LogP) is 8.04. The molecule has 0 atom stereocenters. The fraction of sp³-hybridized carbons (Fsp3) is 0.519. The Balaban J connectivity index is 2.43. The molecule has 1 N–H and O–H groups in total. The van der Waals surface area contributed by atoms with E-state index in [0.29, 0.717) is 6.54 Å². The summed E-state index contributed by atoms with van der Waals surface area (Å²) in [6, 6.07) is 10.3. The van der Waals surface area contributed by atoms with Crippen LogP contribution >= 0.6 is 11.8 Å². The van der Waals surface area contributed by atoms with E-state index in [0.717, 1.165) is 46.1 Å². The van der Waals surface area contributed by atoms with Crippen molar-refractivity contribution in [3.05, 3.63) is 53.3 Å². The molecule has 1 amide bonds. The van der Waals surface area contributed by atoms with Crippen molar-refractivity contribution in [2.24, 2.45) is 5.41 Å². The molecule has 2 aromatic carbocycles. The summed E-state index contributed by atoms with van der Waals surface area (Å²) in [5.74, 6) is 0.618. The van der Waals surface area contributed by atoms with Crippen molar-refractivity contribution in [1.82, 2.24) is 0 Å². The van der Waals surface area contributed by atoms with Crippen molar-refractivity contribution in [3.8, 4) is 0 Å². The van der Waals surface area contributed by atoms with E-state index >= 15 is 0 Å². The highest BCUT2D eigenvalue weighted by Crippen LogP contribution is 2.36. The van der Waals surface area contributed by atoms with Crippen molar-refractivity contribution in [2.75, 3.05) is 22.5 Å². The summed E-state index contributed by atoms with van der Waals surface area (Å²) in [6.45, 7) is 17.6. The summed E-state index contributed by atoms with van der Waals surface area (Å²) in [4.78, 5) is 15.9. The summed E-state index contributed by atoms with van der Waals surface area (Å²) < 4.78 is 19.1. The molecule has 0 aromatic heterocycles. The van der Waals surface area contributed by atoms with Crippen molar-refractivity contribution in [3.63, 3.8) is 0 Å². The van der Waals surface area contributed by atoms with Crippen LogP contribution in [0.25, 0.3) is 0 Å². The third-order valence-corrected chi connectivity index (χ3v) is 5.86. The molecule has 6 heteroatoms. The molecule has 0 fully saturated rings. The lowest BCUT2D eigenvalue weighted by molar-refractivity contribution is 0.0577. The van der Waals surface area contributed by atoms with Gasteiger partial charge in [-0.05, 0) is 80.7 Å². The van der Waals surface area contributed by atoms with E-state index in [1.807, 2.05) is 32.9 Å². The highest BCUT2D eigenvalue weighted by atomic mass is 32.2. The first-order chi connectivity index (χ1) is 15.3. The minimum atomic E-state index is -0.622. The molecule has 0 aliphatic heterocycles. The Labute approximate surface area is 203 Å². The number of ether oxygens (including phenoxy) is 1. The molecule has 0 unspecified atom stereocenters. The highest BCUT2D eigenvalue weighted by molar-refractivity contribution is 7.99. The molecular formula is C27H39FN2O2S.